The lowest BCUT2D eigenvalue weighted by atomic mass is 9.96. The number of likely N-dealkylation sites (tertiary alicyclic amines) is 1. The highest BCUT2D eigenvalue weighted by molar-refractivity contribution is 9.10. The molecule has 0 spiro atoms. The summed E-state index contributed by atoms with van der Waals surface area (Å²) in [6.07, 6.45) is 1.81. The number of halogens is 2. The minimum atomic E-state index is -0.477. The Morgan fingerprint density at radius 3 is 2.67 bits per heavy atom. The van der Waals surface area contributed by atoms with Crippen LogP contribution in [0.5, 0.6) is 0 Å². The number of rotatable bonds is 2. The van der Waals surface area contributed by atoms with Crippen LogP contribution in [0.25, 0.3) is 0 Å². The smallest absolute Gasteiger partial charge is 0.256 e. The van der Waals surface area contributed by atoms with Crippen molar-refractivity contribution in [2.24, 2.45) is 11.7 Å². The Labute approximate surface area is 114 Å². The van der Waals surface area contributed by atoms with Crippen LogP contribution in [0.4, 0.5) is 4.39 Å². The third-order valence-corrected chi connectivity index (χ3v) is 3.89. The average Bonchev–Trinajstić information content (AvgIpc) is 2.38. The first-order valence-electron chi connectivity index (χ1n) is 6.06. The van der Waals surface area contributed by atoms with Crippen LogP contribution in [0.15, 0.2) is 22.7 Å². The van der Waals surface area contributed by atoms with Gasteiger partial charge in [-0.25, -0.2) is 4.39 Å². The number of hydrogen-bond donors (Lipinski definition) is 1. The molecule has 1 aliphatic rings. The molecule has 2 N–H and O–H groups in total. The molecule has 1 aromatic carbocycles. The highest BCUT2D eigenvalue weighted by Gasteiger charge is 2.24. The molecule has 1 amide bonds. The number of nitrogens with zero attached hydrogens (tertiary/aromatic N) is 1. The van der Waals surface area contributed by atoms with Gasteiger partial charge in [0, 0.05) is 17.6 Å². The third kappa shape index (κ3) is 2.90. The Morgan fingerprint density at radius 2 is 2.11 bits per heavy atom. The Bertz CT molecular complexity index is 445. The topological polar surface area (TPSA) is 46.3 Å². The van der Waals surface area contributed by atoms with Gasteiger partial charge in [-0.3, -0.25) is 4.79 Å². The molecule has 1 aliphatic heterocycles. The molecule has 0 aromatic heterocycles. The van der Waals surface area contributed by atoms with Gasteiger partial charge in [-0.15, -0.1) is 0 Å². The summed E-state index contributed by atoms with van der Waals surface area (Å²) in [5.74, 6) is -0.213. The molecular weight excluding hydrogens is 299 g/mol. The molecule has 98 valence electrons. The van der Waals surface area contributed by atoms with E-state index in [0.717, 1.165) is 12.8 Å². The number of nitrogens with two attached hydrogens (primary N) is 1. The van der Waals surface area contributed by atoms with Crippen molar-refractivity contribution < 1.29 is 9.18 Å². The fourth-order valence-electron chi connectivity index (χ4n) is 2.21. The zero-order valence-electron chi connectivity index (χ0n) is 10.0. The van der Waals surface area contributed by atoms with E-state index in [0.29, 0.717) is 30.0 Å². The van der Waals surface area contributed by atoms with Gasteiger partial charge in [0.2, 0.25) is 0 Å². The van der Waals surface area contributed by atoms with E-state index in [1.54, 1.807) is 11.0 Å². The predicted octanol–water partition coefficient (Wildman–Crippen LogP) is 2.40. The number of carbonyl (C=O) groups excluding carboxylic acids is 1. The van der Waals surface area contributed by atoms with Crippen molar-refractivity contribution in [1.82, 2.24) is 4.90 Å². The van der Waals surface area contributed by atoms with E-state index >= 15 is 0 Å². The summed E-state index contributed by atoms with van der Waals surface area (Å²) >= 11 is 3.18. The van der Waals surface area contributed by atoms with Gasteiger partial charge in [0.15, 0.2) is 0 Å². The first kappa shape index (κ1) is 13.5. The lowest BCUT2D eigenvalue weighted by Crippen LogP contribution is -2.40. The van der Waals surface area contributed by atoms with E-state index in [1.165, 1.54) is 12.1 Å². The molecule has 0 bridgehead atoms. The lowest BCUT2D eigenvalue weighted by molar-refractivity contribution is 0.0688. The number of piperidine rings is 1. The Morgan fingerprint density at radius 1 is 1.44 bits per heavy atom. The first-order valence-corrected chi connectivity index (χ1v) is 6.85. The van der Waals surface area contributed by atoms with E-state index < -0.39 is 5.82 Å². The van der Waals surface area contributed by atoms with Crippen LogP contribution >= 0.6 is 15.9 Å². The van der Waals surface area contributed by atoms with Gasteiger partial charge >= 0.3 is 0 Å². The van der Waals surface area contributed by atoms with E-state index in [2.05, 4.69) is 15.9 Å². The van der Waals surface area contributed by atoms with Gasteiger partial charge in [0.1, 0.15) is 5.82 Å². The van der Waals surface area contributed by atoms with Gasteiger partial charge in [0.25, 0.3) is 5.91 Å². The monoisotopic (exact) mass is 314 g/mol. The van der Waals surface area contributed by atoms with Crippen molar-refractivity contribution in [2.45, 2.75) is 12.8 Å². The van der Waals surface area contributed by atoms with Crippen LogP contribution in [0.2, 0.25) is 0 Å². The molecule has 0 aliphatic carbocycles. The summed E-state index contributed by atoms with van der Waals surface area (Å²) in [6.45, 7) is 1.99. The van der Waals surface area contributed by atoms with Crippen LogP contribution in [-0.2, 0) is 0 Å². The minimum Gasteiger partial charge on any atom is -0.339 e. The molecule has 1 fully saturated rings. The summed E-state index contributed by atoms with van der Waals surface area (Å²) in [5, 5.41) is 0. The molecule has 1 saturated heterocycles. The molecular formula is C13H16BrFN2O. The Kier molecular flexibility index (Phi) is 4.35. The molecule has 0 radical (unpaired) electrons. The molecule has 1 aromatic rings. The third-order valence-electron chi connectivity index (χ3n) is 3.40. The summed E-state index contributed by atoms with van der Waals surface area (Å²) in [4.78, 5) is 13.9. The van der Waals surface area contributed by atoms with Crippen molar-refractivity contribution in [2.75, 3.05) is 19.6 Å². The maximum absolute atomic E-state index is 13.7. The van der Waals surface area contributed by atoms with Crippen molar-refractivity contribution in [3.63, 3.8) is 0 Å². The molecule has 0 saturated carbocycles. The summed E-state index contributed by atoms with van der Waals surface area (Å²) in [7, 11) is 0. The Hall–Kier alpha value is -0.940. The molecule has 3 nitrogen and oxygen atoms in total. The van der Waals surface area contributed by atoms with Gasteiger partial charge in [0.05, 0.1) is 5.56 Å². The predicted molar refractivity (Wildman–Crippen MR) is 71.8 cm³/mol. The van der Waals surface area contributed by atoms with Gasteiger partial charge in [-0.1, -0.05) is 15.9 Å². The van der Waals surface area contributed by atoms with Gasteiger partial charge < -0.3 is 10.6 Å². The maximum Gasteiger partial charge on any atom is 0.256 e. The van der Waals surface area contributed by atoms with Crippen molar-refractivity contribution in [3.8, 4) is 0 Å². The maximum atomic E-state index is 13.7. The van der Waals surface area contributed by atoms with E-state index in [1.807, 2.05) is 0 Å². The largest absolute Gasteiger partial charge is 0.339 e. The fourth-order valence-corrected chi connectivity index (χ4v) is 2.54. The quantitative estimate of drug-likeness (QED) is 0.911. The summed E-state index contributed by atoms with van der Waals surface area (Å²) in [5.41, 5.74) is 5.75. The summed E-state index contributed by atoms with van der Waals surface area (Å²) < 4.78 is 14.3. The van der Waals surface area contributed by atoms with Crippen molar-refractivity contribution in [3.05, 3.63) is 34.1 Å². The summed E-state index contributed by atoms with van der Waals surface area (Å²) in [6, 6.07) is 4.53. The standard InChI is InChI=1S/C13H16BrFN2O/c14-10-1-2-11(12(15)7-10)13(18)17-5-3-9(8-16)4-6-17/h1-2,7,9H,3-6,8,16H2. The first-order chi connectivity index (χ1) is 8.61. The molecule has 0 unspecified atom stereocenters. The average molecular weight is 315 g/mol. The van der Waals surface area contributed by atoms with Crippen molar-refractivity contribution >= 4 is 21.8 Å². The molecule has 5 heteroatoms. The number of carbonyl (C=O) groups is 1. The zero-order chi connectivity index (χ0) is 13.1. The SMILES string of the molecule is NCC1CCN(C(=O)c2ccc(Br)cc2F)CC1. The minimum absolute atomic E-state index is 0.143. The second-order valence-corrected chi connectivity index (χ2v) is 5.51. The van der Waals surface area contributed by atoms with E-state index in [4.69, 9.17) is 5.73 Å². The van der Waals surface area contributed by atoms with Crippen LogP contribution < -0.4 is 5.73 Å². The second kappa shape index (κ2) is 5.80. The molecule has 2 rings (SSSR count). The highest BCUT2D eigenvalue weighted by Crippen LogP contribution is 2.21. The van der Waals surface area contributed by atoms with Crippen LogP contribution in [0.3, 0.4) is 0 Å². The fraction of sp³-hybridized carbons (Fsp3) is 0.462. The molecule has 0 atom stereocenters. The van der Waals surface area contributed by atoms with Gasteiger partial charge in [-0.2, -0.15) is 0 Å². The van der Waals surface area contributed by atoms with Crippen LogP contribution in [-0.4, -0.2) is 30.4 Å². The number of benzene rings is 1. The van der Waals surface area contributed by atoms with Crippen LogP contribution in [0, 0.1) is 11.7 Å². The van der Waals surface area contributed by atoms with Crippen molar-refractivity contribution in [1.29, 1.82) is 0 Å². The molecule has 1 heterocycles. The van der Waals surface area contributed by atoms with E-state index in [9.17, 15) is 9.18 Å². The van der Waals surface area contributed by atoms with E-state index in [-0.39, 0.29) is 11.5 Å². The zero-order valence-corrected chi connectivity index (χ0v) is 11.6. The molecule has 18 heavy (non-hydrogen) atoms. The van der Waals surface area contributed by atoms with Gasteiger partial charge in [-0.05, 0) is 43.5 Å². The lowest BCUT2D eigenvalue weighted by Gasteiger charge is -2.31. The second-order valence-electron chi connectivity index (χ2n) is 4.60. The number of hydrogen-bond acceptors (Lipinski definition) is 2. The number of amides is 1. The Balaban J connectivity index is 2.08. The highest BCUT2D eigenvalue weighted by atomic mass is 79.9. The normalized spacial score (nSPS) is 16.9. The van der Waals surface area contributed by atoms with Crippen LogP contribution in [0.1, 0.15) is 23.2 Å².